The van der Waals surface area contributed by atoms with Crippen LogP contribution >= 0.6 is 0 Å². The number of benzene rings is 2. The molecule has 29 heavy (non-hydrogen) atoms. The fourth-order valence-electron chi connectivity index (χ4n) is 3.51. The molecule has 0 spiro atoms. The summed E-state index contributed by atoms with van der Waals surface area (Å²) in [5.41, 5.74) is 3.91. The smallest absolute Gasteiger partial charge is 0.411 e. The number of hydrogen-bond donors (Lipinski definition) is 0. The van der Waals surface area contributed by atoms with Gasteiger partial charge in [-0.1, -0.05) is 54.5 Å². The predicted octanol–water partition coefficient (Wildman–Crippen LogP) is 4.21. The maximum atomic E-state index is 12.6. The zero-order valence-electron chi connectivity index (χ0n) is 17.0. The second-order valence-electron chi connectivity index (χ2n) is 7.95. The molecule has 1 amide bonds. The molecule has 1 aliphatic rings. The normalized spacial score (nSPS) is 12.5. The lowest BCUT2D eigenvalue weighted by Gasteiger charge is -2.24. The van der Waals surface area contributed by atoms with Crippen molar-refractivity contribution in [2.45, 2.75) is 32.3 Å². The van der Waals surface area contributed by atoms with Crippen LogP contribution in [0.1, 0.15) is 37.8 Å². The molecule has 1 aliphatic carbocycles. The summed E-state index contributed by atoms with van der Waals surface area (Å²) in [5.74, 6) is 1.81. The van der Waals surface area contributed by atoms with Crippen molar-refractivity contribution >= 4 is 12.1 Å². The van der Waals surface area contributed by atoms with Gasteiger partial charge in [0, 0.05) is 5.92 Å². The van der Waals surface area contributed by atoms with Gasteiger partial charge in [0.2, 0.25) is 0 Å². The minimum absolute atomic E-state index is 0.0318. The molecule has 3 rings (SSSR count). The number of rotatable bonds is 5. The first-order valence-corrected chi connectivity index (χ1v) is 9.55. The third-order valence-corrected chi connectivity index (χ3v) is 4.62. The van der Waals surface area contributed by atoms with Gasteiger partial charge in [0.1, 0.15) is 18.8 Å². The minimum atomic E-state index is -0.639. The second kappa shape index (κ2) is 8.40. The number of terminal acetylenes is 1. The summed E-state index contributed by atoms with van der Waals surface area (Å²) in [6.07, 6.45) is 4.73. The summed E-state index contributed by atoms with van der Waals surface area (Å²) in [6.45, 7) is 5.19. The first-order valence-electron chi connectivity index (χ1n) is 9.55. The van der Waals surface area contributed by atoms with Gasteiger partial charge in [-0.05, 0) is 43.0 Å². The Balaban J connectivity index is 1.70. The van der Waals surface area contributed by atoms with Crippen molar-refractivity contribution in [3.63, 3.8) is 0 Å². The first kappa shape index (κ1) is 20.5. The van der Waals surface area contributed by atoms with Gasteiger partial charge < -0.3 is 9.47 Å². The summed E-state index contributed by atoms with van der Waals surface area (Å²) in [6, 6.07) is 16.2. The standard InChI is InChI=1S/C24H25NO4/c1-5-14-25(15-22(26)29-24(2,3)4)23(27)28-16-21-19-12-8-6-10-17(19)18-11-7-9-13-20(18)21/h1,6-13,21H,14-16H2,2-4H3. The molecule has 0 saturated heterocycles. The molecule has 0 radical (unpaired) electrons. The van der Waals surface area contributed by atoms with Gasteiger partial charge >= 0.3 is 12.1 Å². The van der Waals surface area contributed by atoms with Crippen LogP contribution in [0.2, 0.25) is 0 Å². The Morgan fingerprint density at radius 2 is 1.59 bits per heavy atom. The van der Waals surface area contributed by atoms with Crippen LogP contribution in [0.3, 0.4) is 0 Å². The van der Waals surface area contributed by atoms with E-state index >= 15 is 0 Å². The maximum absolute atomic E-state index is 12.6. The Morgan fingerprint density at radius 1 is 1.03 bits per heavy atom. The van der Waals surface area contributed by atoms with Crippen LogP contribution in [0.5, 0.6) is 0 Å². The molecule has 2 aromatic rings. The average Bonchev–Trinajstić information content (AvgIpc) is 2.98. The molecule has 0 fully saturated rings. The topological polar surface area (TPSA) is 55.8 Å². The Morgan fingerprint density at radius 3 is 2.10 bits per heavy atom. The zero-order chi connectivity index (χ0) is 21.0. The summed E-state index contributed by atoms with van der Waals surface area (Å²) in [4.78, 5) is 25.9. The van der Waals surface area contributed by atoms with Crippen molar-refractivity contribution in [1.82, 2.24) is 4.90 Å². The van der Waals surface area contributed by atoms with Gasteiger partial charge in [-0.15, -0.1) is 6.42 Å². The Kier molecular flexibility index (Phi) is 5.93. The average molecular weight is 391 g/mol. The lowest BCUT2D eigenvalue weighted by atomic mass is 9.98. The molecule has 0 saturated carbocycles. The van der Waals surface area contributed by atoms with E-state index in [0.29, 0.717) is 0 Å². The monoisotopic (exact) mass is 391 g/mol. The van der Waals surface area contributed by atoms with E-state index in [-0.39, 0.29) is 25.6 Å². The van der Waals surface area contributed by atoms with Gasteiger partial charge in [0.15, 0.2) is 0 Å². The van der Waals surface area contributed by atoms with Crippen molar-refractivity contribution in [3.8, 4) is 23.5 Å². The maximum Gasteiger partial charge on any atom is 0.411 e. The molecule has 0 bridgehead atoms. The van der Waals surface area contributed by atoms with E-state index in [2.05, 4.69) is 18.1 Å². The number of hydrogen-bond acceptors (Lipinski definition) is 4. The summed E-state index contributed by atoms with van der Waals surface area (Å²) >= 11 is 0. The molecular formula is C24H25NO4. The van der Waals surface area contributed by atoms with E-state index in [1.807, 2.05) is 36.4 Å². The van der Waals surface area contributed by atoms with Gasteiger partial charge in [-0.3, -0.25) is 9.69 Å². The lowest BCUT2D eigenvalue weighted by molar-refractivity contribution is -0.155. The third-order valence-electron chi connectivity index (χ3n) is 4.62. The molecule has 5 nitrogen and oxygen atoms in total. The number of amides is 1. The second-order valence-corrected chi connectivity index (χ2v) is 7.95. The van der Waals surface area contributed by atoms with E-state index in [4.69, 9.17) is 15.9 Å². The van der Waals surface area contributed by atoms with E-state index in [1.165, 1.54) is 4.90 Å². The van der Waals surface area contributed by atoms with Crippen LogP contribution in [0.4, 0.5) is 4.79 Å². The number of carbonyl (C=O) groups excluding carboxylic acids is 2. The SMILES string of the molecule is C#CCN(CC(=O)OC(C)(C)C)C(=O)OCC1c2ccccc2-c2ccccc21. The number of carbonyl (C=O) groups is 2. The van der Waals surface area contributed by atoms with Crippen molar-refractivity contribution < 1.29 is 19.1 Å². The summed E-state index contributed by atoms with van der Waals surface area (Å²) in [7, 11) is 0. The predicted molar refractivity (Wildman–Crippen MR) is 111 cm³/mol. The Bertz CT molecular complexity index is 906. The van der Waals surface area contributed by atoms with Crippen molar-refractivity contribution in [1.29, 1.82) is 0 Å². The molecule has 0 atom stereocenters. The van der Waals surface area contributed by atoms with Crippen LogP contribution in [-0.4, -0.2) is 42.3 Å². The quantitative estimate of drug-likeness (QED) is 0.566. The highest BCUT2D eigenvalue weighted by Gasteiger charge is 2.30. The summed E-state index contributed by atoms with van der Waals surface area (Å²) < 4.78 is 10.8. The van der Waals surface area contributed by atoms with Crippen LogP contribution in [0.15, 0.2) is 48.5 Å². The molecule has 0 aliphatic heterocycles. The highest BCUT2D eigenvalue weighted by molar-refractivity contribution is 5.80. The highest BCUT2D eigenvalue weighted by Crippen LogP contribution is 2.44. The molecular weight excluding hydrogens is 366 g/mol. The van der Waals surface area contributed by atoms with Gasteiger partial charge in [-0.25, -0.2) is 4.79 Å². The minimum Gasteiger partial charge on any atom is -0.459 e. The third kappa shape index (κ3) is 4.78. The molecule has 0 N–H and O–H groups in total. The van der Waals surface area contributed by atoms with Crippen molar-refractivity contribution in [2.75, 3.05) is 19.7 Å². The van der Waals surface area contributed by atoms with E-state index in [9.17, 15) is 9.59 Å². The molecule has 5 heteroatoms. The fraction of sp³-hybridized carbons (Fsp3) is 0.333. The Hall–Kier alpha value is -3.26. The molecule has 0 unspecified atom stereocenters. The number of nitrogens with zero attached hydrogens (tertiary/aromatic N) is 1. The lowest BCUT2D eigenvalue weighted by Crippen LogP contribution is -2.39. The van der Waals surface area contributed by atoms with Crippen LogP contribution < -0.4 is 0 Å². The van der Waals surface area contributed by atoms with Gasteiger partial charge in [-0.2, -0.15) is 0 Å². The Labute approximate surface area is 171 Å². The van der Waals surface area contributed by atoms with Crippen LogP contribution in [0, 0.1) is 12.3 Å². The van der Waals surface area contributed by atoms with Gasteiger partial charge in [0.25, 0.3) is 0 Å². The largest absolute Gasteiger partial charge is 0.459 e. The van der Waals surface area contributed by atoms with Crippen LogP contribution in [0.25, 0.3) is 11.1 Å². The molecule has 0 aromatic heterocycles. The van der Waals surface area contributed by atoms with Gasteiger partial charge in [0.05, 0.1) is 6.54 Å². The highest BCUT2D eigenvalue weighted by atomic mass is 16.6. The van der Waals surface area contributed by atoms with Crippen molar-refractivity contribution in [3.05, 3.63) is 59.7 Å². The number of fused-ring (bicyclic) bond motifs is 3. The number of ether oxygens (including phenoxy) is 2. The zero-order valence-corrected chi connectivity index (χ0v) is 17.0. The fourth-order valence-corrected chi connectivity index (χ4v) is 3.51. The molecule has 150 valence electrons. The van der Waals surface area contributed by atoms with E-state index < -0.39 is 17.7 Å². The molecule has 2 aromatic carbocycles. The van der Waals surface area contributed by atoms with Crippen LogP contribution in [-0.2, 0) is 14.3 Å². The molecule has 0 heterocycles. The number of esters is 1. The van der Waals surface area contributed by atoms with E-state index in [0.717, 1.165) is 22.3 Å². The first-order chi connectivity index (χ1) is 13.8. The van der Waals surface area contributed by atoms with Crippen molar-refractivity contribution in [2.24, 2.45) is 0 Å². The van der Waals surface area contributed by atoms with E-state index in [1.54, 1.807) is 20.8 Å². The summed E-state index contributed by atoms with van der Waals surface area (Å²) in [5, 5.41) is 0.